The molecule has 3 rings (SSSR count). The maximum atomic E-state index is 11.0. The second-order valence-corrected chi connectivity index (χ2v) is 6.19. The van der Waals surface area contributed by atoms with Crippen LogP contribution in [0.1, 0.15) is 30.9 Å². The van der Waals surface area contributed by atoms with Gasteiger partial charge in [0.15, 0.2) is 0 Å². The zero-order chi connectivity index (χ0) is 16.3. The molecule has 1 aliphatic heterocycles. The molecule has 0 bridgehead atoms. The number of piperidine rings is 1. The summed E-state index contributed by atoms with van der Waals surface area (Å²) in [6.45, 7) is 3.80. The van der Waals surface area contributed by atoms with Gasteiger partial charge in [-0.3, -0.25) is 0 Å². The van der Waals surface area contributed by atoms with E-state index in [2.05, 4.69) is 52.5 Å². The highest BCUT2D eigenvalue weighted by Crippen LogP contribution is 2.36. The first-order chi connectivity index (χ1) is 11.2. The highest BCUT2D eigenvalue weighted by molar-refractivity contribution is 5.65. The van der Waals surface area contributed by atoms with Crippen molar-refractivity contribution in [1.82, 2.24) is 4.98 Å². The van der Waals surface area contributed by atoms with Crippen molar-refractivity contribution >= 4 is 11.5 Å². The van der Waals surface area contributed by atoms with Crippen molar-refractivity contribution in [1.29, 1.82) is 0 Å². The normalized spacial score (nSPS) is 17.1. The molecule has 0 spiro atoms. The van der Waals surface area contributed by atoms with Gasteiger partial charge in [0.05, 0.1) is 11.3 Å². The third-order valence-corrected chi connectivity index (χ3v) is 4.85. The molecule has 0 aliphatic carbocycles. The van der Waals surface area contributed by atoms with E-state index in [9.17, 15) is 5.11 Å². The summed E-state index contributed by atoms with van der Waals surface area (Å²) in [5, 5.41) is 14.2. The number of benzene rings is 1. The fourth-order valence-electron chi connectivity index (χ4n) is 3.30. The Bertz CT molecular complexity index is 646. The van der Waals surface area contributed by atoms with Crippen LogP contribution in [0.2, 0.25) is 0 Å². The van der Waals surface area contributed by atoms with Crippen LogP contribution in [-0.4, -0.2) is 30.2 Å². The lowest BCUT2D eigenvalue weighted by molar-refractivity contribution is 0.0118. The Morgan fingerprint density at radius 3 is 2.48 bits per heavy atom. The SMILES string of the molecule is CCc1ccc(C2(O)CCN(c3cccnc3NC)CC2)cc1. The lowest BCUT2D eigenvalue weighted by Crippen LogP contribution is -2.42. The smallest absolute Gasteiger partial charge is 0.149 e. The molecule has 1 fully saturated rings. The molecule has 122 valence electrons. The van der Waals surface area contributed by atoms with Gasteiger partial charge in [-0.15, -0.1) is 0 Å². The van der Waals surface area contributed by atoms with Crippen LogP contribution in [0.3, 0.4) is 0 Å². The molecular formula is C19H25N3O. The second kappa shape index (κ2) is 6.59. The van der Waals surface area contributed by atoms with Gasteiger partial charge < -0.3 is 15.3 Å². The average Bonchev–Trinajstić information content (AvgIpc) is 2.62. The van der Waals surface area contributed by atoms with E-state index in [-0.39, 0.29) is 0 Å². The van der Waals surface area contributed by atoms with Gasteiger partial charge in [0.1, 0.15) is 5.82 Å². The van der Waals surface area contributed by atoms with Crippen molar-refractivity contribution in [3.05, 3.63) is 53.7 Å². The minimum atomic E-state index is -0.717. The highest BCUT2D eigenvalue weighted by Gasteiger charge is 2.34. The number of hydrogen-bond donors (Lipinski definition) is 2. The maximum absolute atomic E-state index is 11.0. The number of rotatable bonds is 4. The Morgan fingerprint density at radius 1 is 1.17 bits per heavy atom. The molecule has 0 saturated carbocycles. The predicted molar refractivity (Wildman–Crippen MR) is 94.9 cm³/mol. The first kappa shape index (κ1) is 15.8. The van der Waals surface area contributed by atoms with Gasteiger partial charge in [0.2, 0.25) is 0 Å². The van der Waals surface area contributed by atoms with Crippen molar-refractivity contribution in [3.63, 3.8) is 0 Å². The number of nitrogens with one attached hydrogen (secondary N) is 1. The fraction of sp³-hybridized carbons (Fsp3) is 0.421. The minimum absolute atomic E-state index is 0.717. The van der Waals surface area contributed by atoms with Gasteiger partial charge in [0.25, 0.3) is 0 Å². The van der Waals surface area contributed by atoms with Crippen molar-refractivity contribution in [2.24, 2.45) is 0 Å². The Morgan fingerprint density at radius 2 is 1.87 bits per heavy atom. The molecule has 1 saturated heterocycles. The molecule has 2 aromatic rings. The summed E-state index contributed by atoms with van der Waals surface area (Å²) in [7, 11) is 1.89. The van der Waals surface area contributed by atoms with Crippen LogP contribution in [0.5, 0.6) is 0 Å². The highest BCUT2D eigenvalue weighted by atomic mass is 16.3. The van der Waals surface area contributed by atoms with Gasteiger partial charge >= 0.3 is 0 Å². The third-order valence-electron chi connectivity index (χ3n) is 4.85. The van der Waals surface area contributed by atoms with Crippen molar-refractivity contribution < 1.29 is 5.11 Å². The summed E-state index contributed by atoms with van der Waals surface area (Å²) in [4.78, 5) is 6.67. The van der Waals surface area contributed by atoms with Crippen molar-refractivity contribution in [2.45, 2.75) is 31.8 Å². The Hall–Kier alpha value is -2.07. The Labute approximate surface area is 138 Å². The molecule has 0 radical (unpaired) electrons. The number of aliphatic hydroxyl groups is 1. The van der Waals surface area contributed by atoms with E-state index >= 15 is 0 Å². The molecule has 23 heavy (non-hydrogen) atoms. The number of nitrogens with zero attached hydrogens (tertiary/aromatic N) is 2. The molecule has 4 heteroatoms. The van der Waals surface area contributed by atoms with Crippen LogP contribution in [0.4, 0.5) is 11.5 Å². The lowest BCUT2D eigenvalue weighted by atomic mass is 9.84. The average molecular weight is 311 g/mol. The number of pyridine rings is 1. The van der Waals surface area contributed by atoms with Gasteiger partial charge in [0, 0.05) is 26.3 Å². The van der Waals surface area contributed by atoms with E-state index in [0.717, 1.165) is 49.4 Å². The van der Waals surface area contributed by atoms with E-state index in [0.29, 0.717) is 0 Å². The van der Waals surface area contributed by atoms with Gasteiger partial charge in [-0.05, 0) is 42.5 Å². The molecule has 0 atom stereocenters. The summed E-state index contributed by atoms with van der Waals surface area (Å²) in [6.07, 6.45) is 4.29. The third kappa shape index (κ3) is 3.17. The van der Waals surface area contributed by atoms with Gasteiger partial charge in [-0.1, -0.05) is 31.2 Å². The largest absolute Gasteiger partial charge is 0.385 e. The van der Waals surface area contributed by atoms with E-state index in [1.54, 1.807) is 6.20 Å². The second-order valence-electron chi connectivity index (χ2n) is 6.19. The maximum Gasteiger partial charge on any atom is 0.149 e. The van der Waals surface area contributed by atoms with E-state index in [1.165, 1.54) is 5.56 Å². The Kier molecular flexibility index (Phi) is 4.53. The van der Waals surface area contributed by atoms with E-state index in [1.807, 2.05) is 13.1 Å². The molecule has 0 amide bonds. The van der Waals surface area contributed by atoms with Crippen LogP contribution < -0.4 is 10.2 Å². The first-order valence-corrected chi connectivity index (χ1v) is 8.36. The van der Waals surface area contributed by atoms with E-state index < -0.39 is 5.60 Å². The monoisotopic (exact) mass is 311 g/mol. The zero-order valence-corrected chi connectivity index (χ0v) is 13.9. The van der Waals surface area contributed by atoms with Crippen molar-refractivity contribution in [3.8, 4) is 0 Å². The van der Waals surface area contributed by atoms with Crippen molar-refractivity contribution in [2.75, 3.05) is 30.4 Å². The molecular weight excluding hydrogens is 286 g/mol. The van der Waals surface area contributed by atoms with Crippen LogP contribution >= 0.6 is 0 Å². The van der Waals surface area contributed by atoms with Gasteiger partial charge in [-0.25, -0.2) is 4.98 Å². The molecule has 1 aromatic carbocycles. The first-order valence-electron chi connectivity index (χ1n) is 8.36. The number of aromatic nitrogens is 1. The topological polar surface area (TPSA) is 48.4 Å². The van der Waals surface area contributed by atoms with Gasteiger partial charge in [-0.2, -0.15) is 0 Å². The number of aryl methyl sites for hydroxylation is 1. The summed E-state index contributed by atoms with van der Waals surface area (Å²) < 4.78 is 0. The summed E-state index contributed by atoms with van der Waals surface area (Å²) in [5.41, 5.74) is 2.74. The number of anilines is 2. The predicted octanol–water partition coefficient (Wildman–Crippen LogP) is 3.17. The Balaban J connectivity index is 1.74. The number of hydrogen-bond acceptors (Lipinski definition) is 4. The molecule has 2 N–H and O–H groups in total. The molecule has 0 unspecified atom stereocenters. The zero-order valence-electron chi connectivity index (χ0n) is 13.9. The molecule has 4 nitrogen and oxygen atoms in total. The van der Waals surface area contributed by atoms with Crippen LogP contribution in [0, 0.1) is 0 Å². The fourth-order valence-corrected chi connectivity index (χ4v) is 3.30. The van der Waals surface area contributed by atoms with Crippen LogP contribution in [-0.2, 0) is 12.0 Å². The lowest BCUT2D eigenvalue weighted by Gasteiger charge is -2.40. The standard InChI is InChI=1S/C19H25N3O/c1-3-15-6-8-16(9-7-15)19(23)10-13-22(14-11-19)17-5-4-12-21-18(17)20-2/h4-9,12,23H,3,10-11,13-14H2,1-2H3,(H,20,21). The quantitative estimate of drug-likeness (QED) is 0.910. The van der Waals surface area contributed by atoms with Crippen LogP contribution in [0.25, 0.3) is 0 Å². The minimum Gasteiger partial charge on any atom is -0.385 e. The van der Waals surface area contributed by atoms with E-state index in [4.69, 9.17) is 0 Å². The molecule has 1 aliphatic rings. The molecule has 1 aromatic heterocycles. The summed E-state index contributed by atoms with van der Waals surface area (Å²) in [5.74, 6) is 0.894. The summed E-state index contributed by atoms with van der Waals surface area (Å²) in [6, 6.07) is 12.5. The summed E-state index contributed by atoms with van der Waals surface area (Å²) >= 11 is 0. The molecule has 2 heterocycles. The van der Waals surface area contributed by atoms with Crippen LogP contribution in [0.15, 0.2) is 42.6 Å².